The van der Waals surface area contributed by atoms with Gasteiger partial charge in [-0.15, -0.1) is 0 Å². The zero-order chi connectivity index (χ0) is 24.4. The zero-order valence-corrected chi connectivity index (χ0v) is 19.2. The maximum Gasteiger partial charge on any atom is 0.254 e. The largest absolute Gasteiger partial charge is 0.394 e. The Balaban J connectivity index is 1.63. The summed E-state index contributed by atoms with van der Waals surface area (Å²) in [5.41, 5.74) is 7.91. The summed E-state index contributed by atoms with van der Waals surface area (Å²) in [5.74, 6) is -1.44. The minimum atomic E-state index is -0.770. The summed E-state index contributed by atoms with van der Waals surface area (Å²) in [6, 6.07) is 11.7. The fourth-order valence-electron chi connectivity index (χ4n) is 4.10. The number of benzene rings is 2. The smallest absolute Gasteiger partial charge is 0.254 e. The molecule has 1 saturated heterocycles. The molecular formula is C25H24ClFN4O3. The molecule has 2 heterocycles. The van der Waals surface area contributed by atoms with Crippen molar-refractivity contribution in [2.45, 2.75) is 19.4 Å². The Kier molecular flexibility index (Phi) is 6.81. The third-order valence-corrected chi connectivity index (χ3v) is 6.20. The normalized spacial score (nSPS) is 16.5. The van der Waals surface area contributed by atoms with Gasteiger partial charge in [-0.3, -0.25) is 9.59 Å². The summed E-state index contributed by atoms with van der Waals surface area (Å²) in [5, 5.41) is 12.8. The number of carbonyl (C=O) groups is 2. The highest BCUT2D eigenvalue weighted by atomic mass is 35.5. The van der Waals surface area contributed by atoms with E-state index >= 15 is 4.39 Å². The lowest BCUT2D eigenvalue weighted by Crippen LogP contribution is -2.31. The third-order valence-electron chi connectivity index (χ3n) is 5.96. The van der Waals surface area contributed by atoms with E-state index in [0.717, 1.165) is 0 Å². The predicted octanol–water partition coefficient (Wildman–Crippen LogP) is 3.96. The quantitative estimate of drug-likeness (QED) is 0.493. The van der Waals surface area contributed by atoms with Gasteiger partial charge in [0.2, 0.25) is 5.91 Å². The molecule has 0 bridgehead atoms. The van der Waals surface area contributed by atoms with Gasteiger partial charge in [0, 0.05) is 29.2 Å². The van der Waals surface area contributed by atoms with Crippen molar-refractivity contribution in [3.05, 3.63) is 76.7 Å². The molecule has 2 amide bonds. The average Bonchev–Trinajstić information content (AvgIpc) is 3.15. The van der Waals surface area contributed by atoms with Crippen molar-refractivity contribution in [2.24, 2.45) is 5.92 Å². The first kappa shape index (κ1) is 23.7. The Morgan fingerprint density at radius 1 is 1.32 bits per heavy atom. The number of pyridine rings is 1. The highest BCUT2D eigenvalue weighted by molar-refractivity contribution is 6.30. The van der Waals surface area contributed by atoms with E-state index in [4.69, 9.17) is 17.3 Å². The number of amides is 2. The standard InChI is InChI=1S/C25H24ClFN4O3/c1-14-8-10-31(25(14)34)21-7-9-29-23(28)22(21)16-5-6-18(19(27)12-16)24(33)30-20(13-32)15-3-2-4-17(26)11-15/h2-7,9,11-12,14,20,32H,8,10,13H2,1H3,(H2,28,29)(H,30,33)/t14-,20-/m1/s1. The third kappa shape index (κ3) is 4.60. The van der Waals surface area contributed by atoms with Crippen LogP contribution < -0.4 is 16.0 Å². The van der Waals surface area contributed by atoms with Crippen LogP contribution in [0.1, 0.15) is 35.3 Å². The van der Waals surface area contributed by atoms with E-state index in [1.807, 2.05) is 6.92 Å². The molecule has 4 N–H and O–H groups in total. The van der Waals surface area contributed by atoms with Crippen LogP contribution in [0.25, 0.3) is 11.1 Å². The molecule has 1 aliphatic heterocycles. The number of aliphatic hydroxyl groups is 1. The molecular weight excluding hydrogens is 459 g/mol. The van der Waals surface area contributed by atoms with Gasteiger partial charge < -0.3 is 21.1 Å². The van der Waals surface area contributed by atoms with E-state index < -0.39 is 17.8 Å². The topological polar surface area (TPSA) is 109 Å². The number of nitrogens with zero attached hydrogens (tertiary/aromatic N) is 2. The number of nitrogens with two attached hydrogens (primary N) is 1. The lowest BCUT2D eigenvalue weighted by Gasteiger charge is -2.21. The maximum atomic E-state index is 15.1. The molecule has 0 radical (unpaired) electrons. The van der Waals surface area contributed by atoms with Crippen LogP contribution in [-0.2, 0) is 4.79 Å². The van der Waals surface area contributed by atoms with E-state index in [1.165, 1.54) is 18.3 Å². The minimum Gasteiger partial charge on any atom is -0.394 e. The first-order chi connectivity index (χ1) is 16.3. The molecule has 0 aliphatic carbocycles. The summed E-state index contributed by atoms with van der Waals surface area (Å²) in [6.07, 6.45) is 2.22. The monoisotopic (exact) mass is 482 g/mol. The number of rotatable bonds is 6. The van der Waals surface area contributed by atoms with Crippen molar-refractivity contribution in [3.63, 3.8) is 0 Å². The van der Waals surface area contributed by atoms with Crippen molar-refractivity contribution in [1.29, 1.82) is 0 Å². The fourth-order valence-corrected chi connectivity index (χ4v) is 4.30. The second-order valence-corrected chi connectivity index (χ2v) is 8.66. The molecule has 34 heavy (non-hydrogen) atoms. The maximum absolute atomic E-state index is 15.1. The van der Waals surface area contributed by atoms with E-state index in [-0.39, 0.29) is 29.8 Å². The summed E-state index contributed by atoms with van der Waals surface area (Å²) in [6.45, 7) is 2.01. The highest BCUT2D eigenvalue weighted by Gasteiger charge is 2.31. The van der Waals surface area contributed by atoms with Gasteiger partial charge in [0.25, 0.3) is 5.91 Å². The first-order valence-electron chi connectivity index (χ1n) is 10.8. The van der Waals surface area contributed by atoms with Gasteiger partial charge in [-0.25, -0.2) is 9.37 Å². The van der Waals surface area contributed by atoms with E-state index in [2.05, 4.69) is 10.3 Å². The van der Waals surface area contributed by atoms with Crippen molar-refractivity contribution < 1.29 is 19.1 Å². The Morgan fingerprint density at radius 2 is 2.12 bits per heavy atom. The molecule has 3 aromatic rings. The van der Waals surface area contributed by atoms with Crippen molar-refractivity contribution in [3.8, 4) is 11.1 Å². The lowest BCUT2D eigenvalue weighted by molar-refractivity contribution is -0.119. The van der Waals surface area contributed by atoms with Crippen LogP contribution in [0.4, 0.5) is 15.9 Å². The molecule has 0 saturated carbocycles. The molecule has 0 unspecified atom stereocenters. The van der Waals surface area contributed by atoms with E-state index in [0.29, 0.717) is 40.4 Å². The van der Waals surface area contributed by atoms with Crippen LogP contribution >= 0.6 is 11.6 Å². The van der Waals surface area contributed by atoms with Gasteiger partial charge in [0.15, 0.2) is 0 Å². The van der Waals surface area contributed by atoms with Crippen molar-refractivity contribution in [1.82, 2.24) is 10.3 Å². The van der Waals surface area contributed by atoms with Gasteiger partial charge in [-0.2, -0.15) is 0 Å². The number of nitrogens with one attached hydrogen (secondary N) is 1. The van der Waals surface area contributed by atoms with Crippen LogP contribution in [0.15, 0.2) is 54.7 Å². The first-order valence-corrected chi connectivity index (χ1v) is 11.2. The molecule has 0 spiro atoms. The van der Waals surface area contributed by atoms with E-state index in [1.54, 1.807) is 41.3 Å². The van der Waals surface area contributed by atoms with Crippen LogP contribution in [-0.4, -0.2) is 35.1 Å². The van der Waals surface area contributed by atoms with Crippen LogP contribution in [0.2, 0.25) is 5.02 Å². The molecule has 1 fully saturated rings. The number of hydrogen-bond donors (Lipinski definition) is 3. The fraction of sp³-hybridized carbons (Fsp3) is 0.240. The van der Waals surface area contributed by atoms with Crippen LogP contribution in [0.5, 0.6) is 0 Å². The Hall–Kier alpha value is -3.49. The summed E-state index contributed by atoms with van der Waals surface area (Å²) in [4.78, 5) is 31.1. The number of carbonyl (C=O) groups excluding carboxylic acids is 2. The van der Waals surface area contributed by atoms with Gasteiger partial charge in [0.1, 0.15) is 11.6 Å². The molecule has 2 atom stereocenters. The molecule has 4 rings (SSSR count). The van der Waals surface area contributed by atoms with Crippen LogP contribution in [0, 0.1) is 11.7 Å². The SMILES string of the molecule is C[C@@H]1CCN(c2ccnc(N)c2-c2ccc(C(=O)N[C@H](CO)c3cccc(Cl)c3)c(F)c2)C1=O. The minimum absolute atomic E-state index is 0.0284. The van der Waals surface area contributed by atoms with Crippen molar-refractivity contribution >= 4 is 34.9 Å². The van der Waals surface area contributed by atoms with Gasteiger partial charge in [-0.1, -0.05) is 36.7 Å². The summed E-state index contributed by atoms with van der Waals surface area (Å²) < 4.78 is 15.1. The highest BCUT2D eigenvalue weighted by Crippen LogP contribution is 2.38. The molecule has 1 aliphatic rings. The van der Waals surface area contributed by atoms with Gasteiger partial charge >= 0.3 is 0 Å². The molecule has 7 nitrogen and oxygen atoms in total. The average molecular weight is 483 g/mol. The number of aliphatic hydroxyl groups excluding tert-OH is 1. The molecule has 9 heteroatoms. The second-order valence-electron chi connectivity index (χ2n) is 8.23. The second kappa shape index (κ2) is 9.79. The zero-order valence-electron chi connectivity index (χ0n) is 18.5. The van der Waals surface area contributed by atoms with E-state index in [9.17, 15) is 14.7 Å². The summed E-state index contributed by atoms with van der Waals surface area (Å²) >= 11 is 6.00. The van der Waals surface area contributed by atoms with Crippen molar-refractivity contribution in [2.75, 3.05) is 23.8 Å². The number of aromatic nitrogens is 1. The molecule has 176 valence electrons. The molecule has 1 aromatic heterocycles. The molecule has 2 aromatic carbocycles. The lowest BCUT2D eigenvalue weighted by atomic mass is 10.0. The number of anilines is 2. The Labute approximate surface area is 201 Å². The summed E-state index contributed by atoms with van der Waals surface area (Å²) in [7, 11) is 0. The predicted molar refractivity (Wildman–Crippen MR) is 129 cm³/mol. The van der Waals surface area contributed by atoms with Gasteiger partial charge in [-0.05, 0) is 47.9 Å². The number of hydrogen-bond acceptors (Lipinski definition) is 5. The van der Waals surface area contributed by atoms with Crippen LogP contribution in [0.3, 0.4) is 0 Å². The number of nitrogen functional groups attached to an aromatic ring is 1. The Bertz CT molecular complexity index is 1250. The Morgan fingerprint density at radius 3 is 2.76 bits per heavy atom. The van der Waals surface area contributed by atoms with Gasteiger partial charge in [0.05, 0.1) is 23.9 Å². The number of halogens is 2.